The Morgan fingerprint density at radius 3 is 2.95 bits per heavy atom. The highest BCUT2D eigenvalue weighted by Gasteiger charge is 2.15. The third kappa shape index (κ3) is 3.19. The highest BCUT2D eigenvalue weighted by molar-refractivity contribution is 7.07. The zero-order chi connectivity index (χ0) is 13.8. The van der Waals surface area contributed by atoms with E-state index in [1.807, 2.05) is 10.8 Å². The first kappa shape index (κ1) is 13.7. The number of aliphatic hydroxyl groups is 1. The number of aliphatic hydroxyl groups excluding tert-OH is 1. The van der Waals surface area contributed by atoms with E-state index >= 15 is 0 Å². The number of hydrogen-bond donors (Lipinski definition) is 2. The summed E-state index contributed by atoms with van der Waals surface area (Å²) in [5.41, 5.74) is 1.17. The van der Waals surface area contributed by atoms with Crippen LogP contribution in [0.15, 0.2) is 35.0 Å². The van der Waals surface area contributed by atoms with Crippen LogP contribution in [-0.2, 0) is 0 Å². The summed E-state index contributed by atoms with van der Waals surface area (Å²) < 4.78 is 13.7. The monoisotopic (exact) mass is 279 g/mol. The quantitative estimate of drug-likeness (QED) is 0.904. The van der Waals surface area contributed by atoms with Crippen LogP contribution in [-0.4, -0.2) is 17.6 Å². The van der Waals surface area contributed by atoms with Crippen LogP contribution in [0.25, 0.3) is 0 Å². The van der Waals surface area contributed by atoms with Gasteiger partial charge in [0.15, 0.2) is 0 Å². The highest BCUT2D eigenvalue weighted by atomic mass is 32.1. The number of carbonyl (C=O) groups excluding carboxylic acids is 1. The molecule has 0 saturated carbocycles. The molecule has 3 nitrogen and oxygen atoms in total. The van der Waals surface area contributed by atoms with Gasteiger partial charge in [-0.25, -0.2) is 4.39 Å². The Hall–Kier alpha value is -1.72. The lowest BCUT2D eigenvalue weighted by molar-refractivity contribution is 0.0912. The Kier molecular flexibility index (Phi) is 4.29. The van der Waals surface area contributed by atoms with Gasteiger partial charge in [0.2, 0.25) is 0 Å². The second-order valence-electron chi connectivity index (χ2n) is 4.22. The van der Waals surface area contributed by atoms with E-state index in [0.29, 0.717) is 5.56 Å². The normalized spacial score (nSPS) is 12.2. The zero-order valence-electron chi connectivity index (χ0n) is 10.4. The van der Waals surface area contributed by atoms with Crippen molar-refractivity contribution < 1.29 is 14.3 Å². The molecule has 2 N–H and O–H groups in total. The summed E-state index contributed by atoms with van der Waals surface area (Å²) in [4.78, 5) is 11.8. The van der Waals surface area contributed by atoms with Crippen molar-refractivity contribution in [2.45, 2.75) is 13.0 Å². The lowest BCUT2D eigenvalue weighted by Crippen LogP contribution is -2.29. The lowest BCUT2D eigenvalue weighted by atomic mass is 10.1. The molecule has 1 aromatic carbocycles. The first-order valence-corrected chi connectivity index (χ1v) is 6.77. The van der Waals surface area contributed by atoms with Crippen LogP contribution >= 0.6 is 11.3 Å². The number of thiophene rings is 1. The largest absolute Gasteiger partial charge is 0.387 e. The van der Waals surface area contributed by atoms with Crippen molar-refractivity contribution in [3.63, 3.8) is 0 Å². The maximum atomic E-state index is 13.7. The van der Waals surface area contributed by atoms with Crippen LogP contribution in [0.4, 0.5) is 4.39 Å². The molecule has 0 radical (unpaired) electrons. The molecule has 0 bridgehead atoms. The number of carbonyl (C=O) groups is 1. The fraction of sp³-hybridized carbons (Fsp3) is 0.214. The molecule has 0 aliphatic rings. The molecule has 1 heterocycles. The number of nitrogens with one attached hydrogen (secondary N) is 1. The predicted octanol–water partition coefficient (Wildman–Crippen LogP) is 2.66. The van der Waals surface area contributed by atoms with Gasteiger partial charge in [0.25, 0.3) is 5.91 Å². The van der Waals surface area contributed by atoms with Crippen molar-refractivity contribution in [2.24, 2.45) is 0 Å². The van der Waals surface area contributed by atoms with Crippen LogP contribution in [0, 0.1) is 12.7 Å². The number of benzene rings is 1. The number of halogens is 1. The highest BCUT2D eigenvalue weighted by Crippen LogP contribution is 2.16. The number of aryl methyl sites for hydroxylation is 1. The molecule has 0 spiro atoms. The predicted molar refractivity (Wildman–Crippen MR) is 72.7 cm³/mol. The second kappa shape index (κ2) is 5.95. The van der Waals surface area contributed by atoms with Gasteiger partial charge in [0.1, 0.15) is 5.82 Å². The Labute approximate surface area is 114 Å². The van der Waals surface area contributed by atoms with Gasteiger partial charge in [0, 0.05) is 6.54 Å². The van der Waals surface area contributed by atoms with Crippen molar-refractivity contribution >= 4 is 17.2 Å². The number of amides is 1. The van der Waals surface area contributed by atoms with E-state index < -0.39 is 17.8 Å². The van der Waals surface area contributed by atoms with E-state index in [2.05, 4.69) is 5.32 Å². The van der Waals surface area contributed by atoms with Gasteiger partial charge in [0.05, 0.1) is 11.7 Å². The average Bonchev–Trinajstić information content (AvgIpc) is 2.93. The molecule has 5 heteroatoms. The van der Waals surface area contributed by atoms with Crippen LogP contribution < -0.4 is 5.32 Å². The molecule has 1 aromatic heterocycles. The van der Waals surface area contributed by atoms with Gasteiger partial charge in [-0.1, -0.05) is 12.1 Å². The van der Waals surface area contributed by atoms with Crippen molar-refractivity contribution in [1.29, 1.82) is 0 Å². The Morgan fingerprint density at radius 2 is 2.26 bits per heavy atom. The van der Waals surface area contributed by atoms with Crippen molar-refractivity contribution in [2.75, 3.05) is 6.54 Å². The fourth-order valence-corrected chi connectivity index (χ4v) is 2.40. The third-order valence-corrected chi connectivity index (χ3v) is 3.52. The van der Waals surface area contributed by atoms with Crippen LogP contribution in [0.1, 0.15) is 27.6 Å². The topological polar surface area (TPSA) is 49.3 Å². The van der Waals surface area contributed by atoms with Crippen molar-refractivity contribution in [1.82, 2.24) is 5.32 Å². The molecule has 1 unspecified atom stereocenters. The SMILES string of the molecule is Cc1cccc(C(=O)NCC(O)c2ccsc2)c1F. The second-order valence-corrected chi connectivity index (χ2v) is 5.00. The standard InChI is InChI=1S/C14H14FNO2S/c1-9-3-2-4-11(13(9)15)14(18)16-7-12(17)10-5-6-19-8-10/h2-6,8,12,17H,7H2,1H3,(H,16,18). The Morgan fingerprint density at radius 1 is 1.47 bits per heavy atom. The third-order valence-electron chi connectivity index (χ3n) is 2.82. The molecule has 2 rings (SSSR count). The average molecular weight is 279 g/mol. The van der Waals surface area contributed by atoms with Crippen LogP contribution in [0.3, 0.4) is 0 Å². The molecule has 0 saturated heterocycles. The molecule has 0 aliphatic carbocycles. The molecular weight excluding hydrogens is 265 g/mol. The van der Waals surface area contributed by atoms with Crippen molar-refractivity contribution in [3.8, 4) is 0 Å². The minimum Gasteiger partial charge on any atom is -0.387 e. The zero-order valence-corrected chi connectivity index (χ0v) is 11.2. The maximum absolute atomic E-state index is 13.7. The summed E-state index contributed by atoms with van der Waals surface area (Å²) in [6.07, 6.45) is -0.775. The van der Waals surface area contributed by atoms with Gasteiger partial charge < -0.3 is 10.4 Å². The van der Waals surface area contributed by atoms with Crippen molar-refractivity contribution in [3.05, 3.63) is 57.5 Å². The van der Waals surface area contributed by atoms with Gasteiger partial charge in [-0.2, -0.15) is 11.3 Å². The first-order valence-electron chi connectivity index (χ1n) is 5.83. The summed E-state index contributed by atoms with van der Waals surface area (Å²) in [5.74, 6) is -1.04. The summed E-state index contributed by atoms with van der Waals surface area (Å²) in [7, 11) is 0. The summed E-state index contributed by atoms with van der Waals surface area (Å²) in [6.45, 7) is 1.66. The molecule has 0 aliphatic heterocycles. The van der Waals surface area contributed by atoms with Gasteiger partial charge in [-0.15, -0.1) is 0 Å². The smallest absolute Gasteiger partial charge is 0.254 e. The molecule has 1 atom stereocenters. The number of hydrogen-bond acceptors (Lipinski definition) is 3. The molecular formula is C14H14FNO2S. The van der Waals surface area contributed by atoms with E-state index in [0.717, 1.165) is 5.56 Å². The minimum atomic E-state index is -0.775. The lowest BCUT2D eigenvalue weighted by Gasteiger charge is -2.11. The molecule has 0 fully saturated rings. The van der Waals surface area contributed by atoms with E-state index in [4.69, 9.17) is 0 Å². The Balaban J connectivity index is 2.00. The molecule has 1 amide bonds. The van der Waals surface area contributed by atoms with Gasteiger partial charge in [-0.05, 0) is 40.9 Å². The van der Waals surface area contributed by atoms with E-state index in [1.165, 1.54) is 17.4 Å². The molecule has 2 aromatic rings. The summed E-state index contributed by atoms with van der Waals surface area (Å²) >= 11 is 1.47. The van der Waals surface area contributed by atoms with E-state index in [9.17, 15) is 14.3 Å². The summed E-state index contributed by atoms with van der Waals surface area (Å²) in [6, 6.07) is 6.44. The van der Waals surface area contributed by atoms with Gasteiger partial charge >= 0.3 is 0 Å². The van der Waals surface area contributed by atoms with E-state index in [1.54, 1.807) is 25.1 Å². The first-order chi connectivity index (χ1) is 9.09. The fourth-order valence-electron chi connectivity index (χ4n) is 1.69. The van der Waals surface area contributed by atoms with E-state index in [-0.39, 0.29) is 12.1 Å². The summed E-state index contributed by atoms with van der Waals surface area (Å²) in [5, 5.41) is 16.0. The molecule has 100 valence electrons. The minimum absolute atomic E-state index is 0.00230. The van der Waals surface area contributed by atoms with Crippen LogP contribution in [0.2, 0.25) is 0 Å². The molecule has 19 heavy (non-hydrogen) atoms. The van der Waals surface area contributed by atoms with Crippen LogP contribution in [0.5, 0.6) is 0 Å². The maximum Gasteiger partial charge on any atom is 0.254 e. The Bertz CT molecular complexity index is 569. The number of rotatable bonds is 4. The van der Waals surface area contributed by atoms with Gasteiger partial charge in [-0.3, -0.25) is 4.79 Å².